The zero-order valence-electron chi connectivity index (χ0n) is 9.07. The number of rotatable bonds is 0. The Hall–Kier alpha value is 0.350. The molecule has 0 aromatic heterocycles. The van der Waals surface area contributed by atoms with Crippen LogP contribution >= 0.6 is 7.92 Å². The Balaban J connectivity index is 2.18. The van der Waals surface area contributed by atoms with E-state index in [1.165, 1.54) is 0 Å². The van der Waals surface area contributed by atoms with Crippen molar-refractivity contribution in [3.8, 4) is 0 Å². The first-order valence-corrected chi connectivity index (χ1v) is 6.93. The van der Waals surface area contributed by atoms with E-state index in [1.807, 2.05) is 13.8 Å². The van der Waals surface area contributed by atoms with Crippen LogP contribution in [0.2, 0.25) is 0 Å². The van der Waals surface area contributed by atoms with Crippen molar-refractivity contribution in [1.82, 2.24) is 0 Å². The summed E-state index contributed by atoms with van der Waals surface area (Å²) >= 11 is 0. The molecule has 3 heteroatoms. The lowest BCUT2D eigenvalue weighted by Crippen LogP contribution is -2.27. The van der Waals surface area contributed by atoms with Crippen molar-refractivity contribution in [3.05, 3.63) is 0 Å². The molecule has 0 N–H and O–H groups in total. The van der Waals surface area contributed by atoms with Crippen LogP contribution < -0.4 is 0 Å². The van der Waals surface area contributed by atoms with Gasteiger partial charge in [0.15, 0.2) is 5.79 Å². The third kappa shape index (κ3) is 1.44. The van der Waals surface area contributed by atoms with Crippen molar-refractivity contribution in [2.24, 2.45) is 0 Å². The van der Waals surface area contributed by atoms with Gasteiger partial charge in [-0.3, -0.25) is 0 Å². The fraction of sp³-hybridized carbons (Fsp3) is 1.00. The van der Waals surface area contributed by atoms with E-state index in [2.05, 4.69) is 20.5 Å². The maximum absolute atomic E-state index is 5.92. The van der Waals surface area contributed by atoms with Gasteiger partial charge in [0.05, 0.1) is 12.2 Å². The Morgan fingerprint density at radius 1 is 1.00 bits per heavy atom. The summed E-state index contributed by atoms with van der Waals surface area (Å²) in [6.45, 7) is 11.0. The van der Waals surface area contributed by atoms with E-state index >= 15 is 0 Å². The number of hydrogen-bond donors (Lipinski definition) is 0. The minimum Gasteiger partial charge on any atom is -0.344 e. The van der Waals surface area contributed by atoms with Crippen LogP contribution in [-0.2, 0) is 9.47 Å². The van der Waals surface area contributed by atoms with Crippen LogP contribution in [0.4, 0.5) is 0 Å². The lowest BCUT2D eigenvalue weighted by atomic mass is 10.1. The topological polar surface area (TPSA) is 18.5 Å². The first kappa shape index (κ1) is 9.89. The second kappa shape index (κ2) is 2.92. The third-order valence-corrected chi connectivity index (χ3v) is 6.56. The normalized spacial score (nSPS) is 53.8. The van der Waals surface area contributed by atoms with E-state index in [1.54, 1.807) is 0 Å². The predicted octanol–water partition coefficient (Wildman–Crippen LogP) is 2.41. The number of hydrogen-bond acceptors (Lipinski definition) is 2. The molecule has 4 unspecified atom stereocenters. The molecule has 0 aromatic carbocycles. The van der Waals surface area contributed by atoms with E-state index in [4.69, 9.17) is 9.47 Å². The van der Waals surface area contributed by atoms with Crippen LogP contribution in [0.1, 0.15) is 27.7 Å². The molecule has 2 rings (SSSR count). The summed E-state index contributed by atoms with van der Waals surface area (Å²) < 4.78 is 11.8. The summed E-state index contributed by atoms with van der Waals surface area (Å²) in [5.74, 6) is -0.353. The first-order chi connectivity index (χ1) is 5.92. The minimum absolute atomic E-state index is 0.0879. The maximum atomic E-state index is 5.92. The summed E-state index contributed by atoms with van der Waals surface area (Å²) in [4.78, 5) is 0. The van der Waals surface area contributed by atoms with Gasteiger partial charge >= 0.3 is 0 Å². The van der Waals surface area contributed by atoms with Crippen molar-refractivity contribution >= 4 is 7.92 Å². The predicted molar refractivity (Wildman–Crippen MR) is 55.6 cm³/mol. The minimum atomic E-state index is -0.353. The number of ether oxygens (including phenoxy) is 2. The SMILES string of the molecule is CC1C2OC(C)(C)OC2C(C)P1C. The van der Waals surface area contributed by atoms with Gasteiger partial charge in [-0.1, -0.05) is 21.8 Å². The van der Waals surface area contributed by atoms with Crippen LogP contribution in [0.25, 0.3) is 0 Å². The van der Waals surface area contributed by atoms with Gasteiger partial charge in [-0.05, 0) is 20.5 Å². The smallest absolute Gasteiger partial charge is 0.163 e. The molecule has 0 saturated carbocycles. The van der Waals surface area contributed by atoms with Gasteiger partial charge in [-0.2, -0.15) is 0 Å². The van der Waals surface area contributed by atoms with Crippen molar-refractivity contribution in [3.63, 3.8) is 0 Å². The van der Waals surface area contributed by atoms with Crippen LogP contribution in [0.5, 0.6) is 0 Å². The molecule has 0 aromatic rings. The highest BCUT2D eigenvalue weighted by Crippen LogP contribution is 2.57. The van der Waals surface area contributed by atoms with Crippen LogP contribution in [0, 0.1) is 0 Å². The Morgan fingerprint density at radius 3 is 1.77 bits per heavy atom. The Kier molecular flexibility index (Phi) is 2.22. The molecule has 76 valence electrons. The summed E-state index contributed by atoms with van der Waals surface area (Å²) in [6, 6.07) is 0. The van der Waals surface area contributed by atoms with Crippen molar-refractivity contribution in [2.75, 3.05) is 6.66 Å². The van der Waals surface area contributed by atoms with Gasteiger partial charge in [0.25, 0.3) is 0 Å². The van der Waals surface area contributed by atoms with Crippen LogP contribution in [-0.4, -0.2) is 36.0 Å². The maximum Gasteiger partial charge on any atom is 0.163 e. The Labute approximate surface area is 81.7 Å². The van der Waals surface area contributed by atoms with E-state index in [0.29, 0.717) is 23.5 Å². The molecule has 4 atom stereocenters. The largest absolute Gasteiger partial charge is 0.344 e. The standard InChI is InChI=1S/C10H19O2P/c1-6-8-9(7(2)13(6)5)12-10(3,4)11-8/h6-9H,1-5H3. The average Bonchev–Trinajstić information content (AvgIpc) is 2.44. The molecule has 0 bridgehead atoms. The molecule has 2 nitrogen and oxygen atoms in total. The molecule has 2 saturated heterocycles. The molecule has 2 aliphatic rings. The van der Waals surface area contributed by atoms with E-state index in [-0.39, 0.29) is 13.7 Å². The van der Waals surface area contributed by atoms with Gasteiger partial charge in [0.2, 0.25) is 0 Å². The van der Waals surface area contributed by atoms with Crippen molar-refractivity contribution in [1.29, 1.82) is 0 Å². The first-order valence-electron chi connectivity index (χ1n) is 5.00. The van der Waals surface area contributed by atoms with Crippen LogP contribution in [0.15, 0.2) is 0 Å². The molecule has 2 fully saturated rings. The monoisotopic (exact) mass is 202 g/mol. The molecule has 0 aliphatic carbocycles. The third-order valence-electron chi connectivity index (χ3n) is 3.40. The lowest BCUT2D eigenvalue weighted by molar-refractivity contribution is -0.147. The summed E-state index contributed by atoms with van der Waals surface area (Å²) in [5, 5.41) is 0. The van der Waals surface area contributed by atoms with Crippen molar-refractivity contribution in [2.45, 2.75) is 57.0 Å². The molecule has 2 heterocycles. The van der Waals surface area contributed by atoms with E-state index in [9.17, 15) is 0 Å². The van der Waals surface area contributed by atoms with Crippen molar-refractivity contribution < 1.29 is 9.47 Å². The Morgan fingerprint density at radius 2 is 1.38 bits per heavy atom. The highest BCUT2D eigenvalue weighted by atomic mass is 31.1. The highest BCUT2D eigenvalue weighted by molar-refractivity contribution is 7.58. The molecule has 0 spiro atoms. The second-order valence-corrected chi connectivity index (χ2v) is 7.67. The lowest BCUT2D eigenvalue weighted by Gasteiger charge is -2.25. The fourth-order valence-corrected chi connectivity index (χ4v) is 4.53. The van der Waals surface area contributed by atoms with Gasteiger partial charge in [-0.15, -0.1) is 0 Å². The summed E-state index contributed by atoms with van der Waals surface area (Å²) in [5.41, 5.74) is 1.38. The number of fused-ring (bicyclic) bond motifs is 1. The zero-order chi connectivity index (χ0) is 9.80. The quantitative estimate of drug-likeness (QED) is 0.561. The molecular formula is C10H19O2P. The average molecular weight is 202 g/mol. The Bertz CT molecular complexity index is 197. The molecular weight excluding hydrogens is 183 g/mol. The van der Waals surface area contributed by atoms with Gasteiger partial charge in [0.1, 0.15) is 0 Å². The molecule has 2 aliphatic heterocycles. The van der Waals surface area contributed by atoms with E-state index < -0.39 is 0 Å². The zero-order valence-corrected chi connectivity index (χ0v) is 9.97. The van der Waals surface area contributed by atoms with E-state index in [0.717, 1.165) is 0 Å². The van der Waals surface area contributed by atoms with Crippen LogP contribution in [0.3, 0.4) is 0 Å². The fourth-order valence-electron chi connectivity index (χ4n) is 2.40. The molecule has 0 radical (unpaired) electrons. The molecule has 13 heavy (non-hydrogen) atoms. The summed E-state index contributed by atoms with van der Waals surface area (Å²) in [6.07, 6.45) is 0.697. The highest BCUT2D eigenvalue weighted by Gasteiger charge is 2.53. The summed E-state index contributed by atoms with van der Waals surface area (Å²) in [7, 11) is 0.0879. The molecule has 0 amide bonds. The second-order valence-electron chi connectivity index (χ2n) is 4.71. The van der Waals surface area contributed by atoms with Gasteiger partial charge < -0.3 is 9.47 Å². The van der Waals surface area contributed by atoms with Gasteiger partial charge in [-0.25, -0.2) is 0 Å². The van der Waals surface area contributed by atoms with Gasteiger partial charge in [0, 0.05) is 11.3 Å².